The average molecular weight is 99.2 g/mol. The highest BCUT2D eigenvalue weighted by Crippen LogP contribution is 1.87. The molecule has 0 saturated carbocycles. The molecule has 1 radical (unpaired) electrons. The van der Waals surface area contributed by atoms with E-state index in [9.17, 15) is 0 Å². The Morgan fingerprint density at radius 3 is 2.17 bits per heavy atom. The lowest BCUT2D eigenvalue weighted by Gasteiger charge is -1.89. The Kier molecular flexibility index (Phi) is 3.14. The lowest BCUT2D eigenvalue weighted by molar-refractivity contribution is 1.62. The van der Waals surface area contributed by atoms with E-state index in [1.807, 2.05) is 0 Å². The van der Waals surface area contributed by atoms with Gasteiger partial charge >= 0.3 is 0 Å². The molecule has 6 heavy (non-hydrogen) atoms. The van der Waals surface area contributed by atoms with Gasteiger partial charge in [0.2, 0.25) is 0 Å². The standard InChI is InChI=1S/C5H11Si/c1-4-5-6(2)3/h1,4,6H,5H2,2-3H3. The van der Waals surface area contributed by atoms with Gasteiger partial charge in [-0.15, -0.1) is 0 Å². The molecular weight excluding hydrogens is 88.1 g/mol. The molecule has 0 N–H and O–H groups in total. The summed E-state index contributed by atoms with van der Waals surface area (Å²) in [6.45, 7) is 9.70. The highest BCUT2D eigenvalue weighted by molar-refractivity contribution is 6.56. The molecule has 0 aromatic rings. The SMILES string of the molecule is [CH]=CC[SiH](C)C. The van der Waals surface area contributed by atoms with Crippen molar-refractivity contribution in [2.45, 2.75) is 19.1 Å². The maximum atomic E-state index is 5.14. The Balaban J connectivity index is 2.81. The first-order valence-electron chi connectivity index (χ1n) is 2.30. The first-order valence-corrected chi connectivity index (χ1v) is 5.43. The minimum atomic E-state index is -0.351. The van der Waals surface area contributed by atoms with Gasteiger partial charge < -0.3 is 0 Å². The fourth-order valence-electron chi connectivity index (χ4n) is 0.272. The molecule has 0 nitrogen and oxygen atoms in total. The minimum absolute atomic E-state index is 0.351. The van der Waals surface area contributed by atoms with Crippen molar-refractivity contribution in [3.8, 4) is 0 Å². The largest absolute Gasteiger partial charge is 0.0875 e. The molecule has 0 rings (SSSR count). The van der Waals surface area contributed by atoms with Crippen molar-refractivity contribution in [1.82, 2.24) is 0 Å². The van der Waals surface area contributed by atoms with Crippen LogP contribution >= 0.6 is 0 Å². The summed E-state index contributed by atoms with van der Waals surface area (Å²) in [5, 5.41) is 0. The molecule has 0 bridgehead atoms. The van der Waals surface area contributed by atoms with Crippen molar-refractivity contribution in [1.29, 1.82) is 0 Å². The Morgan fingerprint density at radius 2 is 2.17 bits per heavy atom. The van der Waals surface area contributed by atoms with Crippen molar-refractivity contribution in [2.24, 2.45) is 0 Å². The predicted octanol–water partition coefficient (Wildman–Crippen LogP) is 1.46. The molecule has 0 aliphatic rings. The van der Waals surface area contributed by atoms with Crippen LogP contribution in [0.15, 0.2) is 6.08 Å². The fourth-order valence-corrected chi connectivity index (χ4v) is 0.816. The van der Waals surface area contributed by atoms with Crippen molar-refractivity contribution in [3.05, 3.63) is 12.7 Å². The summed E-state index contributed by atoms with van der Waals surface area (Å²) in [7, 11) is -0.351. The summed E-state index contributed by atoms with van der Waals surface area (Å²) in [4.78, 5) is 0. The molecule has 0 aromatic carbocycles. The molecule has 0 fully saturated rings. The Labute approximate surface area is 41.5 Å². The number of hydrogen-bond acceptors (Lipinski definition) is 0. The topological polar surface area (TPSA) is 0 Å². The van der Waals surface area contributed by atoms with E-state index in [0.29, 0.717) is 0 Å². The van der Waals surface area contributed by atoms with E-state index >= 15 is 0 Å². The van der Waals surface area contributed by atoms with Gasteiger partial charge in [0.1, 0.15) is 0 Å². The molecule has 0 aliphatic heterocycles. The predicted molar refractivity (Wildman–Crippen MR) is 32.6 cm³/mol. The monoisotopic (exact) mass is 99.1 g/mol. The van der Waals surface area contributed by atoms with Crippen LogP contribution in [-0.2, 0) is 0 Å². The molecule has 0 unspecified atom stereocenters. The van der Waals surface area contributed by atoms with Gasteiger partial charge in [-0.05, 0) is 6.04 Å². The maximum absolute atomic E-state index is 5.14. The second-order valence-electron chi connectivity index (χ2n) is 1.87. The second-order valence-corrected chi connectivity index (χ2v) is 5.12. The van der Waals surface area contributed by atoms with E-state index in [1.54, 1.807) is 6.08 Å². The lowest BCUT2D eigenvalue weighted by atomic mass is 10.8. The summed E-state index contributed by atoms with van der Waals surface area (Å²) in [6, 6.07) is 1.17. The Hall–Kier alpha value is -0.0431. The van der Waals surface area contributed by atoms with Crippen LogP contribution in [0, 0.1) is 6.58 Å². The number of allylic oxidation sites excluding steroid dienone is 1. The van der Waals surface area contributed by atoms with Gasteiger partial charge in [-0.1, -0.05) is 25.7 Å². The number of rotatable bonds is 2. The Morgan fingerprint density at radius 1 is 1.67 bits per heavy atom. The third kappa shape index (κ3) is 3.96. The third-order valence-corrected chi connectivity index (χ3v) is 1.82. The molecular formula is C5H11Si. The fraction of sp³-hybridized carbons (Fsp3) is 0.600. The van der Waals surface area contributed by atoms with E-state index in [1.165, 1.54) is 6.04 Å². The smallest absolute Gasteiger partial charge is 0.0344 e. The summed E-state index contributed by atoms with van der Waals surface area (Å²) in [6.07, 6.45) is 1.76. The van der Waals surface area contributed by atoms with Gasteiger partial charge in [0.05, 0.1) is 0 Å². The van der Waals surface area contributed by atoms with Gasteiger partial charge in [0, 0.05) is 8.80 Å². The molecule has 1 heteroatoms. The van der Waals surface area contributed by atoms with Crippen LogP contribution < -0.4 is 0 Å². The van der Waals surface area contributed by atoms with Crippen molar-refractivity contribution in [2.75, 3.05) is 0 Å². The van der Waals surface area contributed by atoms with Gasteiger partial charge in [-0.2, -0.15) is 0 Å². The van der Waals surface area contributed by atoms with E-state index in [2.05, 4.69) is 13.1 Å². The Bertz CT molecular complexity index is 39.2. The van der Waals surface area contributed by atoms with Crippen LogP contribution in [0.5, 0.6) is 0 Å². The first kappa shape index (κ1) is 5.96. The van der Waals surface area contributed by atoms with Crippen molar-refractivity contribution < 1.29 is 0 Å². The highest BCUT2D eigenvalue weighted by Gasteiger charge is 1.85. The first-order chi connectivity index (χ1) is 2.77. The van der Waals surface area contributed by atoms with E-state index in [4.69, 9.17) is 6.58 Å². The molecule has 0 aromatic heterocycles. The van der Waals surface area contributed by atoms with Crippen LogP contribution in [0.3, 0.4) is 0 Å². The van der Waals surface area contributed by atoms with Crippen LogP contribution in [0.4, 0.5) is 0 Å². The average Bonchev–Trinajstić information content (AvgIpc) is 1.35. The summed E-state index contributed by atoms with van der Waals surface area (Å²) in [5.41, 5.74) is 0. The molecule has 0 aliphatic carbocycles. The van der Waals surface area contributed by atoms with Crippen molar-refractivity contribution in [3.63, 3.8) is 0 Å². The molecule has 0 heterocycles. The molecule has 0 saturated heterocycles. The van der Waals surface area contributed by atoms with Gasteiger partial charge in [0.25, 0.3) is 0 Å². The molecule has 0 spiro atoms. The summed E-state index contributed by atoms with van der Waals surface area (Å²) < 4.78 is 0. The van der Waals surface area contributed by atoms with Crippen molar-refractivity contribution >= 4 is 8.80 Å². The summed E-state index contributed by atoms with van der Waals surface area (Å²) in [5.74, 6) is 0. The van der Waals surface area contributed by atoms with Gasteiger partial charge in [0.15, 0.2) is 0 Å². The lowest BCUT2D eigenvalue weighted by Crippen LogP contribution is -1.93. The van der Waals surface area contributed by atoms with E-state index in [0.717, 1.165) is 0 Å². The summed E-state index contributed by atoms with van der Waals surface area (Å²) >= 11 is 0. The van der Waals surface area contributed by atoms with E-state index in [-0.39, 0.29) is 8.80 Å². The molecule has 0 amide bonds. The highest BCUT2D eigenvalue weighted by atomic mass is 28.3. The normalized spacial score (nSPS) is 9.17. The van der Waals surface area contributed by atoms with Gasteiger partial charge in [-0.25, -0.2) is 0 Å². The van der Waals surface area contributed by atoms with Crippen LogP contribution in [0.2, 0.25) is 19.1 Å². The zero-order chi connectivity index (χ0) is 4.99. The molecule has 0 atom stereocenters. The van der Waals surface area contributed by atoms with E-state index < -0.39 is 0 Å². The van der Waals surface area contributed by atoms with Crippen LogP contribution in [0.25, 0.3) is 0 Å². The zero-order valence-corrected chi connectivity index (χ0v) is 5.59. The third-order valence-electron chi connectivity index (χ3n) is 0.607. The maximum Gasteiger partial charge on any atom is 0.0344 e. The second kappa shape index (κ2) is 3.16. The minimum Gasteiger partial charge on any atom is -0.0875 e. The molecule has 35 valence electrons. The zero-order valence-electron chi connectivity index (χ0n) is 4.44. The van der Waals surface area contributed by atoms with Crippen LogP contribution in [0.1, 0.15) is 0 Å². The van der Waals surface area contributed by atoms with Gasteiger partial charge in [-0.3, -0.25) is 0 Å². The van der Waals surface area contributed by atoms with Crippen LogP contribution in [-0.4, -0.2) is 8.80 Å². The number of hydrogen-bond donors (Lipinski definition) is 0. The quantitative estimate of drug-likeness (QED) is 0.460.